The standard InChI is InChI=1S/C13H17N5O4S/c14-7-1-3-8(4-2-7)18-23(21,22)9-5-10-11(15-6-9)16-13(20)17-12(10)19/h5-8,18H,1-4,14H2,(H2,15,16,17,19,20). The molecule has 1 fully saturated rings. The normalized spacial score (nSPS) is 22.3. The van der Waals surface area contributed by atoms with Crippen LogP contribution in [0, 0.1) is 0 Å². The fraction of sp³-hybridized carbons (Fsp3) is 0.462. The molecule has 9 nitrogen and oxygen atoms in total. The van der Waals surface area contributed by atoms with Crippen molar-refractivity contribution in [3.63, 3.8) is 0 Å². The molecule has 0 spiro atoms. The molecule has 3 rings (SSSR count). The van der Waals surface area contributed by atoms with Crippen LogP contribution in [-0.2, 0) is 10.0 Å². The largest absolute Gasteiger partial charge is 0.328 e. The minimum Gasteiger partial charge on any atom is -0.328 e. The summed E-state index contributed by atoms with van der Waals surface area (Å²) < 4.78 is 27.5. The zero-order valence-electron chi connectivity index (χ0n) is 12.2. The summed E-state index contributed by atoms with van der Waals surface area (Å²) in [6, 6.07) is 1.14. The maximum absolute atomic E-state index is 12.4. The van der Waals surface area contributed by atoms with Gasteiger partial charge in [-0.1, -0.05) is 0 Å². The van der Waals surface area contributed by atoms with Gasteiger partial charge >= 0.3 is 5.69 Å². The molecule has 0 radical (unpaired) electrons. The Kier molecular flexibility index (Phi) is 4.04. The first-order valence-corrected chi connectivity index (χ1v) is 8.74. The fourth-order valence-electron chi connectivity index (χ4n) is 2.70. The Bertz CT molecular complexity index is 941. The highest BCUT2D eigenvalue weighted by Gasteiger charge is 2.25. The molecule has 10 heteroatoms. The van der Waals surface area contributed by atoms with Gasteiger partial charge in [0.25, 0.3) is 5.56 Å². The fourth-order valence-corrected chi connectivity index (χ4v) is 3.97. The average molecular weight is 339 g/mol. The third kappa shape index (κ3) is 3.33. The predicted octanol–water partition coefficient (Wildman–Crippen LogP) is -0.840. The number of aromatic amines is 2. The number of hydrogen-bond donors (Lipinski definition) is 4. The highest BCUT2D eigenvalue weighted by Crippen LogP contribution is 2.20. The molecule has 0 unspecified atom stereocenters. The summed E-state index contributed by atoms with van der Waals surface area (Å²) in [5, 5.41) is 0.0122. The van der Waals surface area contributed by atoms with Crippen LogP contribution in [0.15, 0.2) is 26.7 Å². The Morgan fingerprint density at radius 1 is 1.17 bits per heavy atom. The Balaban J connectivity index is 1.92. The molecule has 23 heavy (non-hydrogen) atoms. The van der Waals surface area contributed by atoms with Gasteiger partial charge in [0.15, 0.2) is 0 Å². The van der Waals surface area contributed by atoms with Crippen LogP contribution in [0.5, 0.6) is 0 Å². The van der Waals surface area contributed by atoms with E-state index in [1.807, 2.05) is 4.98 Å². The Hall–Kier alpha value is -2.04. The van der Waals surface area contributed by atoms with Crippen LogP contribution < -0.4 is 21.7 Å². The van der Waals surface area contributed by atoms with Crippen molar-refractivity contribution in [1.82, 2.24) is 19.7 Å². The lowest BCUT2D eigenvalue weighted by molar-refractivity contribution is 0.373. The lowest BCUT2D eigenvalue weighted by atomic mass is 9.93. The van der Waals surface area contributed by atoms with E-state index in [1.165, 1.54) is 6.07 Å². The van der Waals surface area contributed by atoms with Crippen molar-refractivity contribution in [1.29, 1.82) is 0 Å². The lowest BCUT2D eigenvalue weighted by Crippen LogP contribution is -2.40. The molecule has 2 aromatic rings. The third-order valence-electron chi connectivity index (χ3n) is 3.97. The molecular formula is C13H17N5O4S. The number of nitrogens with one attached hydrogen (secondary N) is 3. The van der Waals surface area contributed by atoms with Crippen molar-refractivity contribution in [2.45, 2.75) is 42.7 Å². The van der Waals surface area contributed by atoms with Crippen LogP contribution >= 0.6 is 0 Å². The molecule has 0 saturated heterocycles. The van der Waals surface area contributed by atoms with Crippen LogP contribution in [0.3, 0.4) is 0 Å². The summed E-state index contributed by atoms with van der Waals surface area (Å²) in [7, 11) is -3.79. The second kappa shape index (κ2) is 5.87. The highest BCUT2D eigenvalue weighted by molar-refractivity contribution is 7.89. The van der Waals surface area contributed by atoms with Crippen molar-refractivity contribution in [2.24, 2.45) is 5.73 Å². The van der Waals surface area contributed by atoms with Crippen LogP contribution in [0.1, 0.15) is 25.7 Å². The molecule has 1 aliphatic rings. The van der Waals surface area contributed by atoms with Gasteiger partial charge < -0.3 is 5.73 Å². The molecule has 0 aliphatic heterocycles. The van der Waals surface area contributed by atoms with E-state index in [4.69, 9.17) is 5.73 Å². The Morgan fingerprint density at radius 2 is 1.87 bits per heavy atom. The Morgan fingerprint density at radius 3 is 2.57 bits per heavy atom. The van der Waals surface area contributed by atoms with E-state index >= 15 is 0 Å². The van der Waals surface area contributed by atoms with Crippen molar-refractivity contribution in [2.75, 3.05) is 0 Å². The number of nitrogens with zero attached hydrogens (tertiary/aromatic N) is 1. The molecule has 2 aromatic heterocycles. The van der Waals surface area contributed by atoms with Gasteiger partial charge in [-0.2, -0.15) is 0 Å². The maximum atomic E-state index is 12.4. The van der Waals surface area contributed by atoms with Gasteiger partial charge in [-0.15, -0.1) is 0 Å². The number of pyridine rings is 1. The Labute approximate surface area is 131 Å². The number of rotatable bonds is 3. The summed E-state index contributed by atoms with van der Waals surface area (Å²) >= 11 is 0. The number of nitrogens with two attached hydrogens (primary N) is 1. The van der Waals surface area contributed by atoms with Crippen LogP contribution in [0.2, 0.25) is 0 Å². The molecule has 2 heterocycles. The zero-order valence-corrected chi connectivity index (χ0v) is 13.0. The minimum atomic E-state index is -3.79. The SMILES string of the molecule is NC1CCC(NS(=O)(=O)c2cnc3[nH]c(=O)[nH]c(=O)c3c2)CC1. The van der Waals surface area contributed by atoms with Crippen molar-refractivity contribution < 1.29 is 8.42 Å². The van der Waals surface area contributed by atoms with E-state index in [-0.39, 0.29) is 28.0 Å². The molecule has 0 atom stereocenters. The summed E-state index contributed by atoms with van der Waals surface area (Å²) in [6.45, 7) is 0. The van der Waals surface area contributed by atoms with Gasteiger partial charge in [-0.25, -0.2) is 22.9 Å². The third-order valence-corrected chi connectivity index (χ3v) is 5.46. The van der Waals surface area contributed by atoms with E-state index < -0.39 is 21.3 Å². The quantitative estimate of drug-likeness (QED) is 0.572. The number of sulfonamides is 1. The van der Waals surface area contributed by atoms with Crippen LogP contribution in [-0.4, -0.2) is 35.5 Å². The van der Waals surface area contributed by atoms with Crippen molar-refractivity contribution in [3.05, 3.63) is 33.1 Å². The molecule has 124 valence electrons. The van der Waals surface area contributed by atoms with E-state index in [0.717, 1.165) is 19.0 Å². The van der Waals surface area contributed by atoms with Gasteiger partial charge in [0, 0.05) is 18.3 Å². The number of aromatic nitrogens is 3. The monoisotopic (exact) mass is 339 g/mol. The molecule has 1 aliphatic carbocycles. The lowest BCUT2D eigenvalue weighted by Gasteiger charge is -2.26. The van der Waals surface area contributed by atoms with E-state index in [1.54, 1.807) is 0 Å². The number of hydrogen-bond acceptors (Lipinski definition) is 6. The van der Waals surface area contributed by atoms with Crippen LogP contribution in [0.25, 0.3) is 11.0 Å². The highest BCUT2D eigenvalue weighted by atomic mass is 32.2. The molecule has 0 bridgehead atoms. The second-order valence-electron chi connectivity index (χ2n) is 5.71. The van der Waals surface area contributed by atoms with E-state index in [9.17, 15) is 18.0 Å². The molecule has 1 saturated carbocycles. The van der Waals surface area contributed by atoms with E-state index in [0.29, 0.717) is 12.8 Å². The topological polar surface area (TPSA) is 151 Å². The predicted molar refractivity (Wildman–Crippen MR) is 83.5 cm³/mol. The first kappa shape index (κ1) is 15.8. The summed E-state index contributed by atoms with van der Waals surface area (Å²) in [4.78, 5) is 31.1. The van der Waals surface area contributed by atoms with Gasteiger partial charge in [0.05, 0.1) is 5.39 Å². The van der Waals surface area contributed by atoms with Gasteiger partial charge in [-0.3, -0.25) is 14.8 Å². The maximum Gasteiger partial charge on any atom is 0.327 e. The first-order valence-electron chi connectivity index (χ1n) is 7.25. The first-order chi connectivity index (χ1) is 10.8. The molecule has 5 N–H and O–H groups in total. The van der Waals surface area contributed by atoms with Gasteiger partial charge in [-0.05, 0) is 31.7 Å². The smallest absolute Gasteiger partial charge is 0.327 e. The minimum absolute atomic E-state index is 0.0122. The molecular weight excluding hydrogens is 322 g/mol. The van der Waals surface area contributed by atoms with Gasteiger partial charge in [0.1, 0.15) is 10.5 Å². The molecule has 0 amide bonds. The number of fused-ring (bicyclic) bond motifs is 1. The van der Waals surface area contributed by atoms with Crippen molar-refractivity contribution in [3.8, 4) is 0 Å². The zero-order chi connectivity index (χ0) is 16.6. The number of H-pyrrole nitrogens is 2. The van der Waals surface area contributed by atoms with Crippen molar-refractivity contribution >= 4 is 21.1 Å². The van der Waals surface area contributed by atoms with E-state index in [2.05, 4.69) is 14.7 Å². The molecule has 0 aromatic carbocycles. The summed E-state index contributed by atoms with van der Waals surface area (Å²) in [5.41, 5.74) is 4.48. The second-order valence-corrected chi connectivity index (χ2v) is 7.42. The summed E-state index contributed by atoms with van der Waals surface area (Å²) in [6.07, 6.45) is 4.01. The summed E-state index contributed by atoms with van der Waals surface area (Å²) in [5.74, 6) is 0. The van der Waals surface area contributed by atoms with Gasteiger partial charge in [0.2, 0.25) is 10.0 Å². The average Bonchev–Trinajstić information content (AvgIpc) is 2.49. The van der Waals surface area contributed by atoms with Crippen LogP contribution in [0.4, 0.5) is 0 Å².